The number of thioether (sulfide) groups is 1. The van der Waals surface area contributed by atoms with Crippen LogP contribution in [0.15, 0.2) is 10.7 Å². The summed E-state index contributed by atoms with van der Waals surface area (Å²) in [5.74, 6) is 3.89. The molecule has 14 heavy (non-hydrogen) atoms. The molecule has 1 fully saturated rings. The highest BCUT2D eigenvalue weighted by Crippen LogP contribution is 2.25. The van der Waals surface area contributed by atoms with E-state index in [1.807, 2.05) is 11.8 Å². The molecule has 1 aromatic heterocycles. The van der Waals surface area contributed by atoms with Crippen LogP contribution in [0.25, 0.3) is 0 Å². The van der Waals surface area contributed by atoms with E-state index >= 15 is 0 Å². The first kappa shape index (κ1) is 9.77. The van der Waals surface area contributed by atoms with Crippen LogP contribution in [-0.2, 0) is 6.42 Å². The lowest BCUT2D eigenvalue weighted by molar-refractivity contribution is 0.111. The number of hydrogen-bond donors (Lipinski definition) is 0. The van der Waals surface area contributed by atoms with Crippen LogP contribution in [0.4, 0.5) is 0 Å². The first-order chi connectivity index (χ1) is 6.88. The topological polar surface area (TPSA) is 43.1 Å². The Morgan fingerprint density at radius 1 is 1.57 bits per heavy atom. The highest BCUT2D eigenvalue weighted by atomic mass is 32.2. The molecule has 1 aromatic rings. The van der Waals surface area contributed by atoms with E-state index in [1.165, 1.54) is 30.6 Å². The number of aldehydes is 1. The Morgan fingerprint density at radius 3 is 3.00 bits per heavy atom. The summed E-state index contributed by atoms with van der Waals surface area (Å²) in [6.07, 6.45) is 5.52. The molecule has 0 aromatic carbocycles. The van der Waals surface area contributed by atoms with Gasteiger partial charge in [0.15, 0.2) is 12.2 Å². The van der Waals surface area contributed by atoms with Gasteiger partial charge < -0.3 is 4.42 Å². The molecule has 0 unspecified atom stereocenters. The van der Waals surface area contributed by atoms with Crippen molar-refractivity contribution in [1.82, 2.24) is 4.98 Å². The SMILES string of the molecule is O=Cc1coc(CC2CCSCC2)n1. The van der Waals surface area contributed by atoms with Crippen molar-refractivity contribution in [1.29, 1.82) is 0 Å². The lowest BCUT2D eigenvalue weighted by Crippen LogP contribution is -2.12. The minimum atomic E-state index is 0.408. The second kappa shape index (κ2) is 4.64. The van der Waals surface area contributed by atoms with Crippen molar-refractivity contribution in [3.8, 4) is 0 Å². The van der Waals surface area contributed by atoms with Crippen LogP contribution in [-0.4, -0.2) is 22.8 Å². The van der Waals surface area contributed by atoms with Crippen molar-refractivity contribution >= 4 is 18.0 Å². The fourth-order valence-corrected chi connectivity index (χ4v) is 2.87. The van der Waals surface area contributed by atoms with E-state index in [-0.39, 0.29) is 0 Å². The van der Waals surface area contributed by atoms with E-state index in [9.17, 15) is 4.79 Å². The predicted octanol–water partition coefficient (Wildman–Crippen LogP) is 2.17. The maximum absolute atomic E-state index is 10.4. The van der Waals surface area contributed by atoms with Gasteiger partial charge in [-0.2, -0.15) is 11.8 Å². The molecule has 3 nitrogen and oxygen atoms in total. The van der Waals surface area contributed by atoms with E-state index in [0.717, 1.165) is 12.7 Å². The molecule has 0 radical (unpaired) electrons. The summed E-state index contributed by atoms with van der Waals surface area (Å²) in [7, 11) is 0. The molecule has 1 aliphatic heterocycles. The molecule has 0 N–H and O–H groups in total. The summed E-state index contributed by atoms with van der Waals surface area (Å²) < 4.78 is 5.21. The zero-order valence-corrected chi connectivity index (χ0v) is 8.76. The summed E-state index contributed by atoms with van der Waals surface area (Å²) in [6, 6.07) is 0. The van der Waals surface area contributed by atoms with Crippen molar-refractivity contribution < 1.29 is 9.21 Å². The van der Waals surface area contributed by atoms with Crippen molar-refractivity contribution in [3.05, 3.63) is 17.8 Å². The van der Waals surface area contributed by atoms with Crippen LogP contribution >= 0.6 is 11.8 Å². The Bertz CT molecular complexity index is 305. The number of nitrogens with zero attached hydrogens (tertiary/aromatic N) is 1. The molecule has 1 saturated heterocycles. The molecule has 2 heterocycles. The largest absolute Gasteiger partial charge is 0.448 e. The van der Waals surface area contributed by atoms with E-state index in [1.54, 1.807) is 0 Å². The molecule has 4 heteroatoms. The Hall–Kier alpha value is -0.770. The van der Waals surface area contributed by atoms with Crippen LogP contribution in [0.1, 0.15) is 29.2 Å². The molecular formula is C10H13NO2S. The Morgan fingerprint density at radius 2 is 2.36 bits per heavy atom. The molecule has 2 rings (SSSR count). The molecule has 0 atom stereocenters. The molecule has 0 aliphatic carbocycles. The van der Waals surface area contributed by atoms with Crippen LogP contribution in [0.5, 0.6) is 0 Å². The standard InChI is InChI=1S/C10H13NO2S/c12-6-9-7-13-10(11-9)5-8-1-3-14-4-2-8/h6-8H,1-5H2. The Labute approximate surface area is 87.3 Å². The van der Waals surface area contributed by atoms with Crippen molar-refractivity contribution in [2.75, 3.05) is 11.5 Å². The average Bonchev–Trinajstić information content (AvgIpc) is 2.67. The van der Waals surface area contributed by atoms with Gasteiger partial charge in [0, 0.05) is 6.42 Å². The molecule has 0 amide bonds. The maximum Gasteiger partial charge on any atom is 0.194 e. The minimum Gasteiger partial charge on any atom is -0.448 e. The summed E-state index contributed by atoms with van der Waals surface area (Å²) in [5, 5.41) is 0. The van der Waals surface area contributed by atoms with E-state index in [0.29, 0.717) is 17.5 Å². The molecular weight excluding hydrogens is 198 g/mol. The molecule has 0 spiro atoms. The first-order valence-corrected chi connectivity index (χ1v) is 6.01. The summed E-state index contributed by atoms with van der Waals surface area (Å²) in [6.45, 7) is 0. The molecule has 0 bridgehead atoms. The van der Waals surface area contributed by atoms with Gasteiger partial charge in [0.25, 0.3) is 0 Å². The van der Waals surface area contributed by atoms with Crippen molar-refractivity contribution in [2.45, 2.75) is 19.3 Å². The summed E-state index contributed by atoms with van der Waals surface area (Å²) >= 11 is 2.01. The fraction of sp³-hybridized carbons (Fsp3) is 0.600. The van der Waals surface area contributed by atoms with Gasteiger partial charge in [-0.15, -0.1) is 0 Å². The maximum atomic E-state index is 10.4. The van der Waals surface area contributed by atoms with E-state index in [4.69, 9.17) is 4.42 Å². The third-order valence-electron chi connectivity index (χ3n) is 2.49. The zero-order chi connectivity index (χ0) is 9.80. The quantitative estimate of drug-likeness (QED) is 0.719. The van der Waals surface area contributed by atoms with Crippen LogP contribution in [0.3, 0.4) is 0 Å². The van der Waals surface area contributed by atoms with Crippen LogP contribution in [0.2, 0.25) is 0 Å². The number of carbonyl (C=O) groups is 1. The Kier molecular flexibility index (Phi) is 3.24. The van der Waals surface area contributed by atoms with Gasteiger partial charge in [-0.1, -0.05) is 0 Å². The van der Waals surface area contributed by atoms with Gasteiger partial charge >= 0.3 is 0 Å². The second-order valence-corrected chi connectivity index (χ2v) is 4.77. The fourth-order valence-electron chi connectivity index (χ4n) is 1.67. The molecule has 76 valence electrons. The van der Waals surface area contributed by atoms with Gasteiger partial charge in [0.05, 0.1) is 0 Å². The molecule has 0 saturated carbocycles. The van der Waals surface area contributed by atoms with Crippen LogP contribution < -0.4 is 0 Å². The normalized spacial score (nSPS) is 18.3. The number of hydrogen-bond acceptors (Lipinski definition) is 4. The van der Waals surface area contributed by atoms with Gasteiger partial charge in [-0.05, 0) is 30.3 Å². The lowest BCUT2D eigenvalue weighted by Gasteiger charge is -2.19. The number of oxazole rings is 1. The van der Waals surface area contributed by atoms with Gasteiger partial charge in [-0.3, -0.25) is 4.79 Å². The highest BCUT2D eigenvalue weighted by Gasteiger charge is 2.16. The number of carbonyl (C=O) groups excluding carboxylic acids is 1. The van der Waals surface area contributed by atoms with Crippen molar-refractivity contribution in [2.24, 2.45) is 5.92 Å². The lowest BCUT2D eigenvalue weighted by atomic mass is 9.99. The van der Waals surface area contributed by atoms with Gasteiger partial charge in [-0.25, -0.2) is 4.98 Å². The minimum absolute atomic E-state index is 0.408. The third kappa shape index (κ3) is 2.38. The first-order valence-electron chi connectivity index (χ1n) is 4.86. The van der Waals surface area contributed by atoms with E-state index < -0.39 is 0 Å². The second-order valence-electron chi connectivity index (χ2n) is 3.54. The predicted molar refractivity (Wildman–Crippen MR) is 55.6 cm³/mol. The summed E-state index contributed by atoms with van der Waals surface area (Å²) in [4.78, 5) is 14.5. The third-order valence-corrected chi connectivity index (χ3v) is 3.54. The van der Waals surface area contributed by atoms with E-state index in [2.05, 4.69) is 4.98 Å². The monoisotopic (exact) mass is 211 g/mol. The van der Waals surface area contributed by atoms with Crippen LogP contribution in [0, 0.1) is 5.92 Å². The number of aromatic nitrogens is 1. The number of rotatable bonds is 3. The van der Waals surface area contributed by atoms with Crippen molar-refractivity contribution in [3.63, 3.8) is 0 Å². The average molecular weight is 211 g/mol. The zero-order valence-electron chi connectivity index (χ0n) is 7.94. The van der Waals surface area contributed by atoms with Gasteiger partial charge in [0.1, 0.15) is 12.0 Å². The van der Waals surface area contributed by atoms with Gasteiger partial charge in [0.2, 0.25) is 0 Å². The molecule has 1 aliphatic rings. The highest BCUT2D eigenvalue weighted by molar-refractivity contribution is 7.99. The summed E-state index contributed by atoms with van der Waals surface area (Å²) in [5.41, 5.74) is 0.408. The Balaban J connectivity index is 1.92. The smallest absolute Gasteiger partial charge is 0.194 e.